The molecule has 2 heterocycles. The fourth-order valence-electron chi connectivity index (χ4n) is 1.26. The summed E-state index contributed by atoms with van der Waals surface area (Å²) in [5.74, 6) is 0.00222. The summed E-state index contributed by atoms with van der Waals surface area (Å²) in [5, 5.41) is 0. The minimum atomic E-state index is -2.31. The van der Waals surface area contributed by atoms with Crippen molar-refractivity contribution in [1.29, 1.82) is 0 Å². The molecule has 12 heavy (non-hydrogen) atoms. The molecule has 1 N–H and O–H groups in total. The first-order valence-electron chi connectivity index (χ1n) is 3.48. The lowest BCUT2D eigenvalue weighted by molar-refractivity contribution is 0.100. The van der Waals surface area contributed by atoms with Gasteiger partial charge in [-0.3, -0.25) is 4.79 Å². The van der Waals surface area contributed by atoms with E-state index in [0.29, 0.717) is 11.3 Å². The van der Waals surface area contributed by atoms with Gasteiger partial charge < -0.3 is 4.98 Å². The van der Waals surface area contributed by atoms with E-state index in [1.54, 1.807) is 12.4 Å². The normalized spacial score (nSPS) is 27.9. The van der Waals surface area contributed by atoms with E-state index in [1.165, 1.54) is 6.26 Å². The zero-order chi connectivity index (χ0) is 8.77. The van der Waals surface area contributed by atoms with Gasteiger partial charge in [0.2, 0.25) is 0 Å². The Balaban J connectivity index is 2.65. The third-order valence-electron chi connectivity index (χ3n) is 1.76. The zero-order valence-electron chi connectivity index (χ0n) is 6.53. The number of fused-ring (bicyclic) bond motifs is 1. The third kappa shape index (κ3) is 1.06. The SMILES string of the molecule is CS1(=O)=NC(=O)c2c[nH]cc2C1. The smallest absolute Gasteiger partial charge is 0.286 e. The van der Waals surface area contributed by atoms with Crippen molar-refractivity contribution >= 4 is 15.6 Å². The van der Waals surface area contributed by atoms with Gasteiger partial charge in [0.05, 0.1) is 21.0 Å². The second-order valence-electron chi connectivity index (χ2n) is 2.89. The Morgan fingerprint density at radius 1 is 1.58 bits per heavy atom. The molecule has 0 saturated heterocycles. The number of rotatable bonds is 0. The Morgan fingerprint density at radius 3 is 3.08 bits per heavy atom. The predicted octanol–water partition coefficient (Wildman–Crippen LogP) is 0.766. The van der Waals surface area contributed by atoms with Gasteiger partial charge in [0.25, 0.3) is 5.91 Å². The van der Waals surface area contributed by atoms with Crippen LogP contribution in [0.5, 0.6) is 0 Å². The summed E-state index contributed by atoms with van der Waals surface area (Å²) in [5.41, 5.74) is 1.36. The number of amides is 1. The molecular weight excluding hydrogens is 176 g/mol. The van der Waals surface area contributed by atoms with E-state index in [4.69, 9.17) is 0 Å². The highest BCUT2D eigenvalue weighted by Gasteiger charge is 2.21. The van der Waals surface area contributed by atoms with Gasteiger partial charge >= 0.3 is 0 Å². The molecule has 1 atom stereocenters. The average molecular weight is 184 g/mol. The molecule has 0 spiro atoms. The Bertz CT molecular complexity index is 452. The van der Waals surface area contributed by atoms with Gasteiger partial charge in [-0.05, 0) is 5.56 Å². The summed E-state index contributed by atoms with van der Waals surface area (Å²) >= 11 is 0. The van der Waals surface area contributed by atoms with Crippen molar-refractivity contribution < 1.29 is 9.00 Å². The first-order chi connectivity index (χ1) is 5.58. The Morgan fingerprint density at radius 2 is 2.33 bits per heavy atom. The minimum absolute atomic E-state index is 0.370. The van der Waals surface area contributed by atoms with E-state index in [-0.39, 0.29) is 5.91 Å². The number of nitrogens with one attached hydrogen (secondary N) is 1. The maximum absolute atomic E-state index is 11.5. The number of hydrogen-bond donors (Lipinski definition) is 1. The van der Waals surface area contributed by atoms with E-state index in [0.717, 1.165) is 5.56 Å². The standard InChI is InChI=1S/C7H8N2O2S/c1-12(11)4-5-2-8-3-6(5)7(10)9-12/h2-3,8H,4H2,1H3. The summed E-state index contributed by atoms with van der Waals surface area (Å²) in [6.07, 6.45) is 4.79. The van der Waals surface area contributed by atoms with Gasteiger partial charge in [-0.2, -0.15) is 4.36 Å². The van der Waals surface area contributed by atoms with Crippen molar-refractivity contribution in [2.24, 2.45) is 4.36 Å². The first-order valence-corrected chi connectivity index (χ1v) is 5.57. The lowest BCUT2D eigenvalue weighted by Gasteiger charge is -2.08. The molecule has 0 bridgehead atoms. The van der Waals surface area contributed by atoms with Gasteiger partial charge in [0.15, 0.2) is 0 Å². The van der Waals surface area contributed by atoms with E-state index >= 15 is 0 Å². The van der Waals surface area contributed by atoms with Crippen LogP contribution in [0, 0.1) is 0 Å². The van der Waals surface area contributed by atoms with Gasteiger partial charge in [-0.1, -0.05) is 0 Å². The average Bonchev–Trinajstić information content (AvgIpc) is 2.31. The van der Waals surface area contributed by atoms with Crippen molar-refractivity contribution in [3.05, 3.63) is 23.5 Å². The molecule has 0 aromatic carbocycles. The topological polar surface area (TPSA) is 62.3 Å². The van der Waals surface area contributed by atoms with Crippen LogP contribution in [-0.2, 0) is 15.5 Å². The molecule has 1 aromatic rings. The molecule has 64 valence electrons. The highest BCUT2D eigenvalue weighted by Crippen LogP contribution is 2.19. The second kappa shape index (κ2) is 2.20. The van der Waals surface area contributed by atoms with Gasteiger partial charge in [0, 0.05) is 18.6 Å². The summed E-state index contributed by atoms with van der Waals surface area (Å²) in [6.45, 7) is 0. The quantitative estimate of drug-likeness (QED) is 0.647. The number of hydrogen-bond acceptors (Lipinski definition) is 2. The van der Waals surface area contributed by atoms with Crippen LogP contribution in [0.1, 0.15) is 15.9 Å². The van der Waals surface area contributed by atoms with E-state index < -0.39 is 9.73 Å². The van der Waals surface area contributed by atoms with Crippen LogP contribution in [0.25, 0.3) is 0 Å². The number of aromatic nitrogens is 1. The summed E-state index contributed by atoms with van der Waals surface area (Å²) in [7, 11) is -2.31. The zero-order valence-corrected chi connectivity index (χ0v) is 7.35. The van der Waals surface area contributed by atoms with E-state index in [1.807, 2.05) is 0 Å². The lowest BCUT2D eigenvalue weighted by Crippen LogP contribution is -2.13. The first kappa shape index (κ1) is 7.54. The fourth-order valence-corrected chi connectivity index (χ4v) is 2.59. The van der Waals surface area contributed by atoms with Crippen molar-refractivity contribution in [1.82, 2.24) is 4.98 Å². The number of nitrogens with zero attached hydrogens (tertiary/aromatic N) is 1. The van der Waals surface area contributed by atoms with Gasteiger partial charge in [-0.15, -0.1) is 0 Å². The molecule has 1 amide bonds. The van der Waals surface area contributed by atoms with E-state index in [2.05, 4.69) is 9.35 Å². The molecule has 1 aromatic heterocycles. The Hall–Kier alpha value is -1.10. The maximum Gasteiger partial charge on any atom is 0.286 e. The van der Waals surface area contributed by atoms with Crippen LogP contribution in [0.2, 0.25) is 0 Å². The van der Waals surface area contributed by atoms with Crippen molar-refractivity contribution in [3.8, 4) is 0 Å². The van der Waals surface area contributed by atoms with Crippen LogP contribution in [0.15, 0.2) is 16.8 Å². The Labute approximate surface area is 70.2 Å². The molecule has 0 radical (unpaired) electrons. The van der Waals surface area contributed by atoms with Crippen molar-refractivity contribution in [2.45, 2.75) is 5.75 Å². The molecule has 1 aliphatic heterocycles. The summed E-state index contributed by atoms with van der Waals surface area (Å²) < 4.78 is 15.1. The number of carbonyl (C=O) groups is 1. The maximum atomic E-state index is 11.5. The van der Waals surface area contributed by atoms with Crippen molar-refractivity contribution in [2.75, 3.05) is 6.26 Å². The molecular formula is C7H8N2O2S. The molecule has 0 aliphatic carbocycles. The number of H-pyrrole nitrogens is 1. The molecule has 0 fully saturated rings. The fraction of sp³-hybridized carbons (Fsp3) is 0.286. The van der Waals surface area contributed by atoms with Crippen LogP contribution in [0.4, 0.5) is 0 Å². The predicted molar refractivity (Wildman–Crippen MR) is 45.3 cm³/mol. The van der Waals surface area contributed by atoms with E-state index in [9.17, 15) is 9.00 Å². The number of carbonyl (C=O) groups excluding carboxylic acids is 1. The molecule has 2 rings (SSSR count). The van der Waals surface area contributed by atoms with Crippen LogP contribution < -0.4 is 0 Å². The van der Waals surface area contributed by atoms with Crippen LogP contribution >= 0.6 is 0 Å². The monoisotopic (exact) mass is 184 g/mol. The Kier molecular flexibility index (Phi) is 1.38. The molecule has 1 aliphatic rings. The number of aromatic amines is 1. The highest BCUT2D eigenvalue weighted by molar-refractivity contribution is 7.92. The highest BCUT2D eigenvalue weighted by atomic mass is 32.2. The van der Waals surface area contributed by atoms with Crippen LogP contribution in [0.3, 0.4) is 0 Å². The second-order valence-corrected chi connectivity index (χ2v) is 5.28. The third-order valence-corrected chi connectivity index (χ3v) is 3.16. The lowest BCUT2D eigenvalue weighted by atomic mass is 10.2. The largest absolute Gasteiger partial charge is 0.367 e. The minimum Gasteiger partial charge on any atom is -0.367 e. The van der Waals surface area contributed by atoms with Crippen LogP contribution in [-0.4, -0.2) is 21.4 Å². The molecule has 0 saturated carbocycles. The molecule has 4 nitrogen and oxygen atoms in total. The van der Waals surface area contributed by atoms with Gasteiger partial charge in [-0.25, -0.2) is 4.21 Å². The van der Waals surface area contributed by atoms with Gasteiger partial charge in [0.1, 0.15) is 0 Å². The summed E-state index contributed by atoms with van der Waals surface area (Å²) in [6, 6.07) is 0. The molecule has 5 heteroatoms. The molecule has 1 unspecified atom stereocenters. The van der Waals surface area contributed by atoms with Crippen molar-refractivity contribution in [3.63, 3.8) is 0 Å². The summed E-state index contributed by atoms with van der Waals surface area (Å²) in [4.78, 5) is 14.0.